The van der Waals surface area contributed by atoms with Crippen molar-refractivity contribution in [2.75, 3.05) is 0 Å². The van der Waals surface area contributed by atoms with Crippen molar-refractivity contribution in [1.82, 2.24) is 20.6 Å². The summed E-state index contributed by atoms with van der Waals surface area (Å²) >= 11 is 0. The van der Waals surface area contributed by atoms with Gasteiger partial charge in [0.2, 0.25) is 0 Å². The van der Waals surface area contributed by atoms with Gasteiger partial charge in [-0.15, -0.1) is 0 Å². The average molecular weight is 397 g/mol. The highest BCUT2D eigenvalue weighted by Crippen LogP contribution is 2.23. The molecular weight excluding hydrogens is 378 g/mol. The second-order valence-corrected chi connectivity index (χ2v) is 6.45. The van der Waals surface area contributed by atoms with Crippen LogP contribution in [0, 0.1) is 0 Å². The van der Waals surface area contributed by atoms with E-state index in [1.54, 1.807) is 24.5 Å². The zero-order valence-electron chi connectivity index (χ0n) is 16.0. The summed E-state index contributed by atoms with van der Waals surface area (Å²) in [6.45, 7) is 0.480. The van der Waals surface area contributed by atoms with E-state index in [1.165, 1.54) is 6.21 Å². The van der Waals surface area contributed by atoms with Gasteiger partial charge in [-0.2, -0.15) is 10.2 Å². The van der Waals surface area contributed by atoms with Crippen molar-refractivity contribution >= 4 is 12.1 Å². The second kappa shape index (κ2) is 9.29. The van der Waals surface area contributed by atoms with Gasteiger partial charge in [-0.25, -0.2) is 5.43 Å². The van der Waals surface area contributed by atoms with Gasteiger partial charge < -0.3 is 4.74 Å². The maximum Gasteiger partial charge on any atom is 0.289 e. The molecule has 0 fully saturated rings. The molecule has 1 amide bonds. The van der Waals surface area contributed by atoms with Crippen LogP contribution in [-0.4, -0.2) is 27.3 Å². The van der Waals surface area contributed by atoms with Crippen molar-refractivity contribution < 1.29 is 9.53 Å². The van der Waals surface area contributed by atoms with Gasteiger partial charge in [-0.3, -0.25) is 14.9 Å². The maximum absolute atomic E-state index is 12.3. The monoisotopic (exact) mass is 397 g/mol. The van der Waals surface area contributed by atoms with Crippen LogP contribution in [0.4, 0.5) is 0 Å². The van der Waals surface area contributed by atoms with Crippen molar-refractivity contribution in [3.05, 3.63) is 102 Å². The summed E-state index contributed by atoms with van der Waals surface area (Å²) in [7, 11) is 0. The summed E-state index contributed by atoms with van der Waals surface area (Å²) < 4.78 is 5.86. The summed E-state index contributed by atoms with van der Waals surface area (Å²) in [6.07, 6.45) is 4.84. The quantitative estimate of drug-likeness (QED) is 0.366. The molecule has 7 heteroatoms. The van der Waals surface area contributed by atoms with Crippen molar-refractivity contribution in [3.63, 3.8) is 0 Å². The first-order valence-electron chi connectivity index (χ1n) is 9.34. The Bertz CT molecular complexity index is 1140. The third kappa shape index (κ3) is 4.96. The van der Waals surface area contributed by atoms with Crippen molar-refractivity contribution in [3.8, 4) is 17.0 Å². The Morgan fingerprint density at radius 3 is 2.80 bits per heavy atom. The number of carbonyl (C=O) groups is 1. The first-order chi connectivity index (χ1) is 14.8. The fraction of sp³-hybridized carbons (Fsp3) is 0.0435. The lowest BCUT2D eigenvalue weighted by Crippen LogP contribution is -2.18. The molecule has 0 aliphatic carbocycles. The van der Waals surface area contributed by atoms with E-state index in [0.717, 1.165) is 22.4 Å². The number of aromatic nitrogens is 3. The third-order valence-corrected chi connectivity index (χ3v) is 4.26. The predicted octanol–water partition coefficient (Wildman–Crippen LogP) is 3.81. The lowest BCUT2D eigenvalue weighted by molar-refractivity contribution is 0.0950. The molecule has 2 heterocycles. The minimum absolute atomic E-state index is 0.309. The topological polar surface area (TPSA) is 92.3 Å². The molecule has 4 rings (SSSR count). The number of nitrogens with one attached hydrogen (secondary N) is 2. The number of hydrogen-bond donors (Lipinski definition) is 2. The van der Waals surface area contributed by atoms with Crippen LogP contribution in [0.25, 0.3) is 11.3 Å². The molecule has 2 aromatic heterocycles. The number of H-pyrrole nitrogens is 1. The Morgan fingerprint density at radius 1 is 1.07 bits per heavy atom. The van der Waals surface area contributed by atoms with E-state index in [-0.39, 0.29) is 5.91 Å². The van der Waals surface area contributed by atoms with Gasteiger partial charge in [0.1, 0.15) is 18.1 Å². The summed E-state index contributed by atoms with van der Waals surface area (Å²) in [4.78, 5) is 16.3. The molecule has 0 atom stereocenters. The van der Waals surface area contributed by atoms with Crippen LogP contribution in [0.15, 0.2) is 90.3 Å². The highest BCUT2D eigenvalue weighted by molar-refractivity contribution is 5.94. The van der Waals surface area contributed by atoms with Crippen LogP contribution in [0.1, 0.15) is 21.6 Å². The van der Waals surface area contributed by atoms with Gasteiger partial charge >= 0.3 is 0 Å². The van der Waals surface area contributed by atoms with E-state index in [1.807, 2.05) is 60.7 Å². The van der Waals surface area contributed by atoms with Gasteiger partial charge in [0, 0.05) is 23.5 Å². The van der Waals surface area contributed by atoms with E-state index < -0.39 is 0 Å². The second-order valence-electron chi connectivity index (χ2n) is 6.45. The van der Waals surface area contributed by atoms with Crippen molar-refractivity contribution in [2.24, 2.45) is 5.10 Å². The van der Waals surface area contributed by atoms with E-state index in [4.69, 9.17) is 4.74 Å². The van der Waals surface area contributed by atoms with E-state index in [9.17, 15) is 4.79 Å². The number of aromatic amines is 1. The van der Waals surface area contributed by atoms with Gasteiger partial charge in [0.25, 0.3) is 5.91 Å². The van der Waals surface area contributed by atoms with Gasteiger partial charge in [-0.05, 0) is 29.8 Å². The van der Waals surface area contributed by atoms with E-state index in [2.05, 4.69) is 25.7 Å². The van der Waals surface area contributed by atoms with E-state index in [0.29, 0.717) is 18.0 Å². The minimum atomic E-state index is -0.384. The molecule has 148 valence electrons. The number of carbonyl (C=O) groups excluding carboxylic acids is 1. The Balaban J connectivity index is 1.39. The van der Waals surface area contributed by atoms with Crippen LogP contribution in [0.3, 0.4) is 0 Å². The molecular formula is C23H19N5O2. The lowest BCUT2D eigenvalue weighted by atomic mass is 10.1. The molecule has 0 aliphatic heterocycles. The van der Waals surface area contributed by atoms with Crippen LogP contribution in [-0.2, 0) is 6.61 Å². The number of nitrogens with zero attached hydrogens (tertiary/aromatic N) is 3. The minimum Gasteiger partial charge on any atom is -0.489 e. The molecule has 0 saturated heterocycles. The molecule has 4 aromatic rings. The zero-order chi connectivity index (χ0) is 20.6. The summed E-state index contributed by atoms with van der Waals surface area (Å²) in [5.41, 5.74) is 6.14. The number of benzene rings is 2. The summed E-state index contributed by atoms with van der Waals surface area (Å²) in [5.74, 6) is 0.344. The zero-order valence-corrected chi connectivity index (χ0v) is 16.0. The van der Waals surface area contributed by atoms with Crippen LogP contribution in [0.2, 0.25) is 0 Å². The fourth-order valence-electron chi connectivity index (χ4n) is 2.75. The number of amides is 1. The Kier molecular flexibility index (Phi) is 5.91. The van der Waals surface area contributed by atoms with Crippen molar-refractivity contribution in [1.29, 1.82) is 0 Å². The molecule has 0 unspecified atom stereocenters. The SMILES string of the molecule is O=C(N/N=C\c1cccnc1)c1cc(-c2cccc(OCc3ccccc3)c2)n[nH]1. The third-order valence-electron chi connectivity index (χ3n) is 4.26. The standard InChI is InChI=1S/C23H19N5O2/c29-23(28-25-15-18-8-5-11-24-14-18)22-13-21(26-27-22)19-9-4-10-20(12-19)30-16-17-6-2-1-3-7-17/h1-15H,16H2,(H,26,27)(H,28,29)/b25-15-. The molecule has 0 radical (unpaired) electrons. The molecule has 2 aromatic carbocycles. The summed E-state index contributed by atoms with van der Waals surface area (Å²) in [6, 6.07) is 22.8. The molecule has 7 nitrogen and oxygen atoms in total. The normalized spacial score (nSPS) is 10.8. The largest absolute Gasteiger partial charge is 0.489 e. The van der Waals surface area contributed by atoms with Gasteiger partial charge in [-0.1, -0.05) is 48.5 Å². The molecule has 0 aliphatic rings. The summed E-state index contributed by atoms with van der Waals surface area (Å²) in [5, 5.41) is 10.9. The number of pyridine rings is 1. The number of hydrogen-bond acceptors (Lipinski definition) is 5. The first-order valence-corrected chi connectivity index (χ1v) is 9.34. The number of rotatable bonds is 7. The van der Waals surface area contributed by atoms with Crippen LogP contribution >= 0.6 is 0 Å². The first kappa shape index (κ1) is 19.1. The lowest BCUT2D eigenvalue weighted by Gasteiger charge is -2.07. The van der Waals surface area contributed by atoms with E-state index >= 15 is 0 Å². The smallest absolute Gasteiger partial charge is 0.289 e. The highest BCUT2D eigenvalue weighted by atomic mass is 16.5. The maximum atomic E-state index is 12.3. The Labute approximate surface area is 173 Å². The molecule has 30 heavy (non-hydrogen) atoms. The Morgan fingerprint density at radius 2 is 1.97 bits per heavy atom. The molecule has 0 bridgehead atoms. The average Bonchev–Trinajstić information content (AvgIpc) is 3.30. The van der Waals surface area contributed by atoms with Gasteiger partial charge in [0.15, 0.2) is 0 Å². The van der Waals surface area contributed by atoms with Crippen molar-refractivity contribution in [2.45, 2.75) is 6.61 Å². The highest BCUT2D eigenvalue weighted by Gasteiger charge is 2.11. The number of ether oxygens (including phenoxy) is 1. The van der Waals surface area contributed by atoms with Crippen LogP contribution < -0.4 is 10.2 Å². The Hall–Kier alpha value is -4.26. The fourth-order valence-corrected chi connectivity index (χ4v) is 2.75. The van der Waals surface area contributed by atoms with Gasteiger partial charge in [0.05, 0.1) is 11.9 Å². The molecule has 2 N–H and O–H groups in total. The molecule has 0 saturated carbocycles. The van der Waals surface area contributed by atoms with Crippen LogP contribution in [0.5, 0.6) is 5.75 Å². The number of hydrazone groups is 1. The predicted molar refractivity (Wildman–Crippen MR) is 114 cm³/mol. The molecule has 0 spiro atoms.